The van der Waals surface area contributed by atoms with E-state index in [1.54, 1.807) is 12.1 Å². The van der Waals surface area contributed by atoms with E-state index in [-0.39, 0.29) is 12.1 Å². The van der Waals surface area contributed by atoms with Gasteiger partial charge in [-0.15, -0.1) is 0 Å². The molecule has 4 nitrogen and oxygen atoms in total. The van der Waals surface area contributed by atoms with Crippen LogP contribution in [0, 0.1) is 0 Å². The van der Waals surface area contributed by atoms with Gasteiger partial charge < -0.3 is 9.47 Å². The lowest BCUT2D eigenvalue weighted by atomic mass is 10.1. The lowest BCUT2D eigenvalue weighted by molar-refractivity contribution is -0.138. The molecule has 3 aromatic rings. The maximum Gasteiger partial charge on any atom is 0.417 e. The molecule has 0 fully saturated rings. The van der Waals surface area contributed by atoms with Crippen molar-refractivity contribution in [3.63, 3.8) is 0 Å². The third-order valence-corrected chi connectivity index (χ3v) is 5.05. The van der Waals surface area contributed by atoms with Crippen LogP contribution in [0.4, 0.5) is 13.2 Å². The Hall–Kier alpha value is -2.54. The summed E-state index contributed by atoms with van der Waals surface area (Å²) in [6.07, 6.45) is -3.15. The zero-order valence-electron chi connectivity index (χ0n) is 16.8. The van der Waals surface area contributed by atoms with Gasteiger partial charge in [-0.25, -0.2) is 4.98 Å². The van der Waals surface area contributed by atoms with Crippen LogP contribution in [0.2, 0.25) is 5.02 Å². The number of fused-ring (bicyclic) bond motifs is 1. The number of imidazole rings is 1. The van der Waals surface area contributed by atoms with Gasteiger partial charge in [0.25, 0.3) is 5.91 Å². The molecular formula is C22H23ClF3N3O. The minimum Gasteiger partial charge on any atom is -0.331 e. The van der Waals surface area contributed by atoms with Crippen molar-refractivity contribution in [1.29, 1.82) is 0 Å². The van der Waals surface area contributed by atoms with Crippen LogP contribution >= 0.6 is 11.6 Å². The van der Waals surface area contributed by atoms with E-state index >= 15 is 0 Å². The van der Waals surface area contributed by atoms with Crippen molar-refractivity contribution in [2.75, 3.05) is 6.54 Å². The number of hydrogen-bond donors (Lipinski definition) is 0. The first kappa shape index (κ1) is 22.2. The summed E-state index contributed by atoms with van der Waals surface area (Å²) in [5, 5.41) is 0.576. The maximum absolute atomic E-state index is 13.4. The van der Waals surface area contributed by atoms with Gasteiger partial charge >= 0.3 is 6.18 Å². The van der Waals surface area contributed by atoms with E-state index < -0.39 is 17.6 Å². The van der Waals surface area contributed by atoms with E-state index in [0.29, 0.717) is 30.4 Å². The summed E-state index contributed by atoms with van der Waals surface area (Å²) >= 11 is 6.13. The Morgan fingerprint density at radius 2 is 1.87 bits per heavy atom. The molecule has 0 atom stereocenters. The van der Waals surface area contributed by atoms with Crippen molar-refractivity contribution in [2.45, 2.75) is 46.0 Å². The summed E-state index contributed by atoms with van der Waals surface area (Å²) in [4.78, 5) is 19.2. The van der Waals surface area contributed by atoms with E-state index in [0.717, 1.165) is 23.5 Å². The fraction of sp³-hybridized carbons (Fsp3) is 0.364. The van der Waals surface area contributed by atoms with E-state index in [1.165, 1.54) is 23.1 Å². The number of carbonyl (C=O) groups is 1. The molecule has 8 heteroatoms. The first-order chi connectivity index (χ1) is 14.3. The standard InChI is InChI=1S/C22H23ClF3N3O/c1-3-11-28(21(30)16-7-5-6-8-17(16)22(24,25)26)14-20-27-18-10-9-15(23)13-19(18)29(20)12-4-2/h5-10,13H,3-4,11-12,14H2,1-2H3. The predicted octanol–water partition coefficient (Wildman–Crippen LogP) is 6.17. The maximum atomic E-state index is 13.4. The molecule has 0 aliphatic heterocycles. The highest BCUT2D eigenvalue weighted by atomic mass is 35.5. The molecule has 30 heavy (non-hydrogen) atoms. The van der Waals surface area contributed by atoms with Gasteiger partial charge in [-0.2, -0.15) is 13.2 Å². The van der Waals surface area contributed by atoms with Crippen LogP contribution < -0.4 is 0 Å². The molecule has 0 spiro atoms. The third-order valence-electron chi connectivity index (χ3n) is 4.81. The first-order valence-electron chi connectivity index (χ1n) is 9.86. The van der Waals surface area contributed by atoms with Crippen LogP contribution in [0.1, 0.15) is 48.4 Å². The Morgan fingerprint density at radius 1 is 1.13 bits per heavy atom. The van der Waals surface area contributed by atoms with E-state index in [9.17, 15) is 18.0 Å². The van der Waals surface area contributed by atoms with Gasteiger partial charge in [0.15, 0.2) is 0 Å². The molecule has 0 aliphatic carbocycles. The van der Waals surface area contributed by atoms with Crippen molar-refractivity contribution in [3.05, 3.63) is 64.4 Å². The van der Waals surface area contributed by atoms with Crippen LogP contribution in [0.25, 0.3) is 11.0 Å². The van der Waals surface area contributed by atoms with Gasteiger partial charge in [0.1, 0.15) is 5.82 Å². The summed E-state index contributed by atoms with van der Waals surface area (Å²) in [6, 6.07) is 10.3. The minimum absolute atomic E-state index is 0.116. The highest BCUT2D eigenvalue weighted by Gasteiger charge is 2.36. The number of aryl methyl sites for hydroxylation is 1. The fourth-order valence-corrected chi connectivity index (χ4v) is 3.69. The number of rotatable bonds is 7. The predicted molar refractivity (Wildman–Crippen MR) is 112 cm³/mol. The highest BCUT2D eigenvalue weighted by Crippen LogP contribution is 2.32. The second kappa shape index (κ2) is 9.08. The SMILES string of the molecule is CCCN(Cc1nc2ccc(Cl)cc2n1CCC)C(=O)c1ccccc1C(F)(F)F. The normalized spacial score (nSPS) is 11.8. The van der Waals surface area contributed by atoms with Crippen LogP contribution in [-0.2, 0) is 19.3 Å². The second-order valence-corrected chi connectivity index (χ2v) is 7.52. The number of hydrogen-bond acceptors (Lipinski definition) is 2. The van der Waals surface area contributed by atoms with Crippen molar-refractivity contribution in [2.24, 2.45) is 0 Å². The quantitative estimate of drug-likeness (QED) is 0.443. The van der Waals surface area contributed by atoms with E-state index in [4.69, 9.17) is 11.6 Å². The zero-order valence-corrected chi connectivity index (χ0v) is 17.6. The third kappa shape index (κ3) is 4.61. The lowest BCUT2D eigenvalue weighted by Gasteiger charge is -2.24. The molecule has 0 bridgehead atoms. The van der Waals surface area contributed by atoms with E-state index in [2.05, 4.69) is 4.98 Å². The van der Waals surface area contributed by atoms with Crippen molar-refractivity contribution in [3.8, 4) is 0 Å². The van der Waals surface area contributed by atoms with Gasteiger partial charge in [-0.3, -0.25) is 4.79 Å². The zero-order chi connectivity index (χ0) is 21.9. The number of alkyl halides is 3. The lowest BCUT2D eigenvalue weighted by Crippen LogP contribution is -2.34. The monoisotopic (exact) mass is 437 g/mol. The smallest absolute Gasteiger partial charge is 0.331 e. The molecule has 0 radical (unpaired) electrons. The van der Waals surface area contributed by atoms with Gasteiger partial charge in [0.05, 0.1) is 28.7 Å². The molecule has 160 valence electrons. The second-order valence-electron chi connectivity index (χ2n) is 7.08. The van der Waals surface area contributed by atoms with Crippen molar-refractivity contribution in [1.82, 2.24) is 14.5 Å². The Bertz CT molecular complexity index is 1050. The van der Waals surface area contributed by atoms with Gasteiger partial charge in [-0.1, -0.05) is 37.6 Å². The van der Waals surface area contributed by atoms with Gasteiger partial charge in [0.2, 0.25) is 0 Å². The summed E-state index contributed by atoms with van der Waals surface area (Å²) < 4.78 is 42.3. The number of nitrogens with zero attached hydrogens (tertiary/aromatic N) is 3. The number of benzene rings is 2. The van der Waals surface area contributed by atoms with Crippen molar-refractivity contribution < 1.29 is 18.0 Å². The number of amides is 1. The van der Waals surface area contributed by atoms with Crippen LogP contribution in [0.15, 0.2) is 42.5 Å². The summed E-state index contributed by atoms with van der Waals surface area (Å²) in [7, 11) is 0. The molecule has 2 aromatic carbocycles. The molecule has 1 aromatic heterocycles. The average molecular weight is 438 g/mol. The molecule has 1 amide bonds. The van der Waals surface area contributed by atoms with Crippen LogP contribution in [0.3, 0.4) is 0 Å². The Labute approximate surface area is 178 Å². The summed E-state index contributed by atoms with van der Waals surface area (Å²) in [6.45, 7) is 5.01. The van der Waals surface area contributed by atoms with Gasteiger partial charge in [-0.05, 0) is 43.2 Å². The Morgan fingerprint density at radius 3 is 2.53 bits per heavy atom. The summed E-state index contributed by atoms with van der Waals surface area (Å²) in [5.41, 5.74) is 0.311. The Kier molecular flexibility index (Phi) is 6.71. The molecule has 3 rings (SSSR count). The molecule has 0 aliphatic rings. The fourth-order valence-electron chi connectivity index (χ4n) is 3.52. The number of carbonyl (C=O) groups excluding carboxylic acids is 1. The Balaban J connectivity index is 2.01. The molecular weight excluding hydrogens is 415 g/mol. The highest BCUT2D eigenvalue weighted by molar-refractivity contribution is 6.31. The number of aromatic nitrogens is 2. The van der Waals surface area contributed by atoms with Crippen LogP contribution in [-0.4, -0.2) is 26.9 Å². The number of halogens is 4. The minimum atomic E-state index is -4.60. The first-order valence-corrected chi connectivity index (χ1v) is 10.2. The van der Waals surface area contributed by atoms with E-state index in [1.807, 2.05) is 24.5 Å². The largest absolute Gasteiger partial charge is 0.417 e. The molecule has 0 saturated heterocycles. The van der Waals surface area contributed by atoms with Crippen molar-refractivity contribution >= 4 is 28.5 Å². The molecule has 0 saturated carbocycles. The average Bonchev–Trinajstić information content (AvgIpc) is 3.03. The summed E-state index contributed by atoms with van der Waals surface area (Å²) in [5.74, 6) is -0.0293. The molecule has 0 unspecified atom stereocenters. The van der Waals surface area contributed by atoms with Crippen LogP contribution in [0.5, 0.6) is 0 Å². The van der Waals surface area contributed by atoms with Gasteiger partial charge in [0, 0.05) is 18.1 Å². The topological polar surface area (TPSA) is 38.1 Å². The molecule has 0 N–H and O–H groups in total. The molecule has 1 heterocycles.